The molecule has 0 saturated heterocycles. The highest BCUT2D eigenvalue weighted by molar-refractivity contribution is 5.30. The summed E-state index contributed by atoms with van der Waals surface area (Å²) >= 11 is 0. The topological polar surface area (TPSA) is 47.3 Å². The molecule has 1 heterocycles. The molecule has 2 rings (SSSR count). The summed E-state index contributed by atoms with van der Waals surface area (Å²) in [5.41, 5.74) is 1.33. The van der Waals surface area contributed by atoms with Crippen molar-refractivity contribution in [3.05, 3.63) is 47.8 Å². The number of aliphatic hydroxyl groups is 1. The van der Waals surface area contributed by atoms with Crippen molar-refractivity contribution < 1.29 is 23.0 Å². The highest BCUT2D eigenvalue weighted by Crippen LogP contribution is 2.27. The van der Waals surface area contributed by atoms with Gasteiger partial charge in [-0.25, -0.2) is 0 Å². The van der Waals surface area contributed by atoms with Gasteiger partial charge in [0.1, 0.15) is 5.75 Å². The van der Waals surface area contributed by atoms with Gasteiger partial charge in [-0.1, -0.05) is 12.1 Å². The molecule has 2 aromatic rings. The number of hydrogen-bond acceptors (Lipinski definition) is 3. The predicted octanol–water partition coefficient (Wildman–Crippen LogP) is 2.98. The quantitative estimate of drug-likeness (QED) is 0.923. The minimum atomic E-state index is -4.74. The maximum atomic E-state index is 12.2. The number of hydrogen-bond donors (Lipinski definition) is 1. The Balaban J connectivity index is 2.00. The predicted molar refractivity (Wildman–Crippen MR) is 69.6 cm³/mol. The second-order valence-corrected chi connectivity index (χ2v) is 4.62. The fourth-order valence-electron chi connectivity index (χ4n) is 2.02. The van der Waals surface area contributed by atoms with E-state index in [4.69, 9.17) is 0 Å². The summed E-state index contributed by atoms with van der Waals surface area (Å²) in [6.45, 7) is 0. The number of ether oxygens (including phenoxy) is 1. The Morgan fingerprint density at radius 3 is 2.71 bits per heavy atom. The van der Waals surface area contributed by atoms with Crippen LogP contribution in [0, 0.1) is 0 Å². The van der Waals surface area contributed by atoms with Crippen molar-refractivity contribution >= 4 is 0 Å². The lowest BCUT2D eigenvalue weighted by atomic mass is 10.0. The zero-order chi connectivity index (χ0) is 15.5. The smallest absolute Gasteiger partial charge is 0.406 e. The van der Waals surface area contributed by atoms with Crippen LogP contribution >= 0.6 is 0 Å². The van der Waals surface area contributed by atoms with E-state index in [0.29, 0.717) is 18.4 Å². The van der Waals surface area contributed by atoms with E-state index < -0.39 is 12.5 Å². The van der Waals surface area contributed by atoms with Gasteiger partial charge in [0.2, 0.25) is 0 Å². The second kappa shape index (κ2) is 6.17. The number of aliphatic hydroxyl groups excluding tert-OH is 1. The van der Waals surface area contributed by atoms with E-state index in [2.05, 4.69) is 9.84 Å². The first-order valence-electron chi connectivity index (χ1n) is 6.36. The lowest BCUT2D eigenvalue weighted by molar-refractivity contribution is -0.274. The zero-order valence-electron chi connectivity index (χ0n) is 11.3. The largest absolute Gasteiger partial charge is 0.573 e. The number of aromatic nitrogens is 2. The number of alkyl halides is 3. The minimum absolute atomic E-state index is 0.334. The van der Waals surface area contributed by atoms with Gasteiger partial charge in [0.25, 0.3) is 0 Å². The molecule has 0 spiro atoms. The fourth-order valence-corrected chi connectivity index (χ4v) is 2.02. The average Bonchev–Trinajstić information content (AvgIpc) is 2.80. The summed E-state index contributed by atoms with van der Waals surface area (Å²) in [5, 5.41) is 14.1. The van der Waals surface area contributed by atoms with E-state index in [1.165, 1.54) is 18.2 Å². The molecule has 0 aliphatic carbocycles. The van der Waals surface area contributed by atoms with E-state index >= 15 is 0 Å². The number of rotatable bonds is 5. The summed E-state index contributed by atoms with van der Waals surface area (Å²) in [6, 6.07) is 7.21. The van der Waals surface area contributed by atoms with E-state index in [9.17, 15) is 18.3 Å². The van der Waals surface area contributed by atoms with Crippen LogP contribution in [0.25, 0.3) is 0 Å². The highest BCUT2D eigenvalue weighted by atomic mass is 19.4. The van der Waals surface area contributed by atoms with Gasteiger partial charge in [0.15, 0.2) is 0 Å². The van der Waals surface area contributed by atoms with Gasteiger partial charge in [-0.2, -0.15) is 5.10 Å². The third-order valence-corrected chi connectivity index (χ3v) is 3.07. The van der Waals surface area contributed by atoms with Crippen LogP contribution in [0.5, 0.6) is 5.75 Å². The summed E-state index contributed by atoms with van der Waals surface area (Å²) < 4.78 is 42.0. The average molecular weight is 300 g/mol. The molecular weight excluding hydrogens is 285 g/mol. The molecule has 1 aromatic carbocycles. The number of halogens is 3. The molecule has 21 heavy (non-hydrogen) atoms. The van der Waals surface area contributed by atoms with E-state index in [0.717, 1.165) is 5.69 Å². The van der Waals surface area contributed by atoms with Gasteiger partial charge < -0.3 is 9.84 Å². The molecule has 4 nitrogen and oxygen atoms in total. The monoisotopic (exact) mass is 300 g/mol. The zero-order valence-corrected chi connectivity index (χ0v) is 11.3. The summed E-state index contributed by atoms with van der Waals surface area (Å²) in [5.74, 6) is -0.334. The van der Waals surface area contributed by atoms with Crippen molar-refractivity contribution in [3.8, 4) is 5.75 Å². The Morgan fingerprint density at radius 2 is 2.10 bits per heavy atom. The number of benzene rings is 1. The number of aryl methyl sites for hydroxylation is 2. The first kappa shape index (κ1) is 15.4. The fraction of sp³-hybridized carbons (Fsp3) is 0.357. The van der Waals surface area contributed by atoms with Gasteiger partial charge in [-0.3, -0.25) is 4.68 Å². The standard InChI is InChI=1S/C14H15F3N2O2/c1-19-11(7-8-18-19)5-6-13(20)10-3-2-4-12(9-10)21-14(15,16)17/h2-4,7-9,13,20H,5-6H2,1H3. The lowest BCUT2D eigenvalue weighted by Crippen LogP contribution is -2.17. The van der Waals surface area contributed by atoms with Crippen LogP contribution in [0.4, 0.5) is 13.2 Å². The lowest BCUT2D eigenvalue weighted by Gasteiger charge is -2.14. The van der Waals surface area contributed by atoms with Crippen LogP contribution in [0.3, 0.4) is 0 Å². The summed E-state index contributed by atoms with van der Waals surface area (Å²) in [7, 11) is 1.79. The van der Waals surface area contributed by atoms with Crippen LogP contribution in [-0.4, -0.2) is 21.2 Å². The maximum absolute atomic E-state index is 12.2. The van der Waals surface area contributed by atoms with Crippen molar-refractivity contribution in [3.63, 3.8) is 0 Å². The molecule has 1 unspecified atom stereocenters. The van der Waals surface area contributed by atoms with Crippen LogP contribution < -0.4 is 4.74 Å². The first-order valence-corrected chi connectivity index (χ1v) is 6.36. The molecular formula is C14H15F3N2O2. The van der Waals surface area contributed by atoms with Gasteiger partial charge in [0.05, 0.1) is 6.10 Å². The molecule has 0 amide bonds. The molecule has 0 bridgehead atoms. The van der Waals surface area contributed by atoms with Crippen LogP contribution in [0.15, 0.2) is 36.5 Å². The third kappa shape index (κ3) is 4.49. The van der Waals surface area contributed by atoms with E-state index in [1.54, 1.807) is 24.0 Å². The number of nitrogens with zero attached hydrogens (tertiary/aromatic N) is 2. The molecule has 0 fully saturated rings. The van der Waals surface area contributed by atoms with Crippen molar-refractivity contribution in [1.82, 2.24) is 9.78 Å². The van der Waals surface area contributed by atoms with Gasteiger partial charge in [-0.05, 0) is 36.6 Å². The first-order chi connectivity index (χ1) is 9.85. The normalized spacial score (nSPS) is 13.2. The molecule has 1 N–H and O–H groups in total. The summed E-state index contributed by atoms with van der Waals surface area (Å²) in [6.07, 6.45) is -2.99. The molecule has 0 aliphatic rings. The molecule has 0 saturated carbocycles. The van der Waals surface area contributed by atoms with Crippen LogP contribution in [0.2, 0.25) is 0 Å². The van der Waals surface area contributed by atoms with Crippen LogP contribution in [0.1, 0.15) is 23.8 Å². The Morgan fingerprint density at radius 1 is 1.33 bits per heavy atom. The van der Waals surface area contributed by atoms with Crippen molar-refractivity contribution in [2.75, 3.05) is 0 Å². The minimum Gasteiger partial charge on any atom is -0.406 e. The highest BCUT2D eigenvalue weighted by Gasteiger charge is 2.31. The molecule has 1 atom stereocenters. The Labute approximate surface area is 119 Å². The Bertz CT molecular complexity index is 596. The maximum Gasteiger partial charge on any atom is 0.573 e. The molecule has 114 valence electrons. The van der Waals surface area contributed by atoms with Gasteiger partial charge in [-0.15, -0.1) is 13.2 Å². The summed E-state index contributed by atoms with van der Waals surface area (Å²) in [4.78, 5) is 0. The van der Waals surface area contributed by atoms with E-state index in [1.807, 2.05) is 6.07 Å². The Hall–Kier alpha value is -2.02. The van der Waals surface area contributed by atoms with Crippen molar-refractivity contribution in [2.45, 2.75) is 25.3 Å². The van der Waals surface area contributed by atoms with Gasteiger partial charge in [0, 0.05) is 18.9 Å². The molecule has 7 heteroatoms. The van der Waals surface area contributed by atoms with Crippen molar-refractivity contribution in [2.24, 2.45) is 7.05 Å². The molecule has 0 aliphatic heterocycles. The van der Waals surface area contributed by atoms with Gasteiger partial charge >= 0.3 is 6.36 Å². The molecule has 0 radical (unpaired) electrons. The van der Waals surface area contributed by atoms with Crippen molar-refractivity contribution in [1.29, 1.82) is 0 Å². The second-order valence-electron chi connectivity index (χ2n) is 4.62. The SMILES string of the molecule is Cn1nccc1CCC(O)c1cccc(OC(F)(F)F)c1. The third-order valence-electron chi connectivity index (χ3n) is 3.07. The van der Waals surface area contributed by atoms with E-state index in [-0.39, 0.29) is 5.75 Å². The Kier molecular flexibility index (Phi) is 4.52. The molecule has 1 aromatic heterocycles. The van der Waals surface area contributed by atoms with Crippen LogP contribution in [-0.2, 0) is 13.5 Å².